The second-order valence-electron chi connectivity index (χ2n) is 4.04. The lowest BCUT2D eigenvalue weighted by Gasteiger charge is -2.05. The molecule has 3 nitrogen and oxygen atoms in total. The van der Waals surface area contributed by atoms with Crippen molar-refractivity contribution in [1.29, 1.82) is 0 Å². The van der Waals surface area contributed by atoms with Crippen LogP contribution in [0.4, 0.5) is 0 Å². The van der Waals surface area contributed by atoms with E-state index < -0.39 is 0 Å². The monoisotopic (exact) mass is 238 g/mol. The molecule has 2 aromatic carbocycles. The number of hydrogen-bond acceptors (Lipinski definition) is 3. The van der Waals surface area contributed by atoms with Gasteiger partial charge in [0.15, 0.2) is 5.78 Å². The third-order valence-electron chi connectivity index (χ3n) is 2.63. The van der Waals surface area contributed by atoms with Gasteiger partial charge < -0.3 is 10.2 Å². The average Bonchev–Trinajstić information content (AvgIpc) is 2.32. The highest BCUT2D eigenvalue weighted by molar-refractivity contribution is 6.32. The quantitative estimate of drug-likeness (QED) is 0.626. The van der Waals surface area contributed by atoms with Crippen LogP contribution >= 0.6 is 0 Å². The first-order valence-corrected chi connectivity index (χ1v) is 5.46. The largest absolute Gasteiger partial charge is 0.508 e. The molecule has 0 bridgehead atoms. The van der Waals surface area contributed by atoms with E-state index in [1.807, 2.05) is 0 Å². The van der Waals surface area contributed by atoms with E-state index >= 15 is 0 Å². The van der Waals surface area contributed by atoms with Crippen LogP contribution in [-0.2, 0) is 6.42 Å². The molecule has 0 heterocycles. The molecule has 18 heavy (non-hydrogen) atoms. The van der Waals surface area contributed by atoms with Crippen molar-refractivity contribution in [2.24, 2.45) is 0 Å². The minimum absolute atomic E-state index is 0.0727. The first kappa shape index (κ1) is 12.2. The average molecular weight is 238 g/mol. The van der Waals surface area contributed by atoms with Crippen LogP contribution in [-0.4, -0.2) is 23.8 Å². The van der Waals surface area contributed by atoms with Crippen LogP contribution in [0.2, 0.25) is 0 Å². The van der Waals surface area contributed by atoms with E-state index in [4.69, 9.17) is 13.0 Å². The van der Waals surface area contributed by atoms with Crippen molar-refractivity contribution in [3.8, 4) is 11.5 Å². The van der Waals surface area contributed by atoms with Crippen LogP contribution in [0.1, 0.15) is 15.9 Å². The van der Waals surface area contributed by atoms with E-state index in [0.717, 1.165) is 11.6 Å². The molecule has 0 aromatic heterocycles. The van der Waals surface area contributed by atoms with E-state index in [2.05, 4.69) is 0 Å². The molecule has 0 amide bonds. The van der Waals surface area contributed by atoms with Gasteiger partial charge in [-0.3, -0.25) is 4.79 Å². The van der Waals surface area contributed by atoms with Crippen molar-refractivity contribution >= 4 is 19.1 Å². The summed E-state index contributed by atoms with van der Waals surface area (Å²) in [5.41, 5.74) is 1.66. The fourth-order valence-electron chi connectivity index (χ4n) is 1.67. The van der Waals surface area contributed by atoms with Crippen molar-refractivity contribution in [1.82, 2.24) is 0 Å². The smallest absolute Gasteiger partial charge is 0.170 e. The standard InChI is InChI=1S/C14H11BO3/c15-10-3-1-9(2-4-10)7-13(17)12-6-5-11(16)8-14(12)18/h1-6,8,16,18H,7H2. The summed E-state index contributed by atoms with van der Waals surface area (Å²) < 4.78 is 0. The van der Waals surface area contributed by atoms with Crippen molar-refractivity contribution in [3.05, 3.63) is 53.6 Å². The number of Topliss-reactive ketones (excluding diaryl/α,β-unsaturated/α-hetero) is 1. The number of carbonyl (C=O) groups excluding carboxylic acids is 1. The Hall–Kier alpha value is -2.23. The Kier molecular flexibility index (Phi) is 3.37. The number of benzene rings is 2. The topological polar surface area (TPSA) is 57.5 Å². The van der Waals surface area contributed by atoms with Crippen LogP contribution in [0.5, 0.6) is 11.5 Å². The zero-order valence-corrected chi connectivity index (χ0v) is 9.63. The van der Waals surface area contributed by atoms with Gasteiger partial charge in [-0.2, -0.15) is 0 Å². The van der Waals surface area contributed by atoms with Gasteiger partial charge >= 0.3 is 0 Å². The number of aromatic hydroxyl groups is 2. The van der Waals surface area contributed by atoms with Gasteiger partial charge in [-0.15, -0.1) is 0 Å². The molecular formula is C14H11BO3. The highest BCUT2D eigenvalue weighted by Crippen LogP contribution is 2.23. The van der Waals surface area contributed by atoms with Crippen LogP contribution in [0, 0.1) is 0 Å². The summed E-state index contributed by atoms with van der Waals surface area (Å²) in [6, 6.07) is 10.9. The number of phenols is 2. The Labute approximate surface area is 106 Å². The van der Waals surface area contributed by atoms with Crippen LogP contribution in [0.3, 0.4) is 0 Å². The fourth-order valence-corrected chi connectivity index (χ4v) is 1.67. The molecule has 2 N–H and O–H groups in total. The third-order valence-corrected chi connectivity index (χ3v) is 2.63. The lowest BCUT2D eigenvalue weighted by atomic mass is 9.93. The summed E-state index contributed by atoms with van der Waals surface area (Å²) in [5, 5.41) is 18.7. The zero-order chi connectivity index (χ0) is 13.1. The van der Waals surface area contributed by atoms with Crippen LogP contribution in [0.25, 0.3) is 0 Å². The second kappa shape index (κ2) is 4.96. The summed E-state index contributed by atoms with van der Waals surface area (Å²) in [6.45, 7) is 0. The SMILES string of the molecule is [B]c1ccc(CC(=O)c2ccc(O)cc2O)cc1. The predicted molar refractivity (Wildman–Crippen MR) is 69.6 cm³/mol. The second-order valence-corrected chi connectivity index (χ2v) is 4.04. The van der Waals surface area contributed by atoms with Gasteiger partial charge in [0.05, 0.1) is 5.56 Å². The van der Waals surface area contributed by atoms with E-state index in [9.17, 15) is 9.90 Å². The van der Waals surface area contributed by atoms with Gasteiger partial charge in [0.25, 0.3) is 0 Å². The van der Waals surface area contributed by atoms with Crippen molar-refractivity contribution < 1.29 is 15.0 Å². The molecule has 0 spiro atoms. The molecule has 0 unspecified atom stereocenters. The molecule has 2 radical (unpaired) electrons. The van der Waals surface area contributed by atoms with E-state index in [-0.39, 0.29) is 29.3 Å². The van der Waals surface area contributed by atoms with E-state index in [0.29, 0.717) is 5.46 Å². The van der Waals surface area contributed by atoms with Gasteiger partial charge in [0.1, 0.15) is 19.3 Å². The summed E-state index contributed by atoms with van der Waals surface area (Å²) >= 11 is 0. The Morgan fingerprint density at radius 1 is 1.06 bits per heavy atom. The normalized spacial score (nSPS) is 10.2. The lowest BCUT2D eigenvalue weighted by molar-refractivity contribution is 0.0990. The Balaban J connectivity index is 2.19. The molecule has 0 atom stereocenters. The van der Waals surface area contributed by atoms with E-state index in [1.165, 1.54) is 12.1 Å². The van der Waals surface area contributed by atoms with Gasteiger partial charge in [0, 0.05) is 12.5 Å². The Bertz CT molecular complexity index is 576. The summed E-state index contributed by atoms with van der Waals surface area (Å²) in [7, 11) is 5.56. The predicted octanol–water partition coefficient (Wildman–Crippen LogP) is 1.32. The highest BCUT2D eigenvalue weighted by Gasteiger charge is 2.12. The molecular weight excluding hydrogens is 227 g/mol. The van der Waals surface area contributed by atoms with Gasteiger partial charge in [-0.05, 0) is 17.7 Å². The molecule has 2 aromatic rings. The maximum atomic E-state index is 12.0. The first-order chi connectivity index (χ1) is 8.56. The minimum atomic E-state index is -0.213. The molecule has 0 saturated carbocycles. The van der Waals surface area contributed by atoms with Crippen molar-refractivity contribution in [2.75, 3.05) is 0 Å². The number of phenolic OH excluding ortho intramolecular Hbond substituents is 2. The maximum Gasteiger partial charge on any atom is 0.170 e. The zero-order valence-electron chi connectivity index (χ0n) is 9.63. The van der Waals surface area contributed by atoms with E-state index in [1.54, 1.807) is 24.3 Å². The molecule has 0 aliphatic carbocycles. The molecule has 88 valence electrons. The Morgan fingerprint density at radius 2 is 1.72 bits per heavy atom. The molecule has 0 fully saturated rings. The minimum Gasteiger partial charge on any atom is -0.508 e. The van der Waals surface area contributed by atoms with Crippen LogP contribution < -0.4 is 5.46 Å². The Morgan fingerprint density at radius 3 is 2.33 bits per heavy atom. The number of carbonyl (C=O) groups is 1. The maximum absolute atomic E-state index is 12.0. The van der Waals surface area contributed by atoms with Crippen LogP contribution in [0.15, 0.2) is 42.5 Å². The number of hydrogen-bond donors (Lipinski definition) is 2. The first-order valence-electron chi connectivity index (χ1n) is 5.46. The molecule has 0 aliphatic rings. The highest BCUT2D eigenvalue weighted by atomic mass is 16.3. The van der Waals surface area contributed by atoms with Crippen molar-refractivity contribution in [2.45, 2.75) is 6.42 Å². The fraction of sp³-hybridized carbons (Fsp3) is 0.0714. The molecule has 0 aliphatic heterocycles. The summed E-state index contributed by atoms with van der Waals surface area (Å²) in [6.07, 6.45) is 0.179. The lowest BCUT2D eigenvalue weighted by Crippen LogP contribution is -2.06. The molecule has 4 heteroatoms. The summed E-state index contributed by atoms with van der Waals surface area (Å²) in [4.78, 5) is 12.0. The number of rotatable bonds is 3. The summed E-state index contributed by atoms with van der Waals surface area (Å²) in [5.74, 6) is -0.496. The van der Waals surface area contributed by atoms with Gasteiger partial charge in [-0.25, -0.2) is 0 Å². The molecule has 2 rings (SSSR count). The van der Waals surface area contributed by atoms with Gasteiger partial charge in [-0.1, -0.05) is 29.7 Å². The van der Waals surface area contributed by atoms with Crippen molar-refractivity contribution in [3.63, 3.8) is 0 Å². The molecule has 0 saturated heterocycles. The van der Waals surface area contributed by atoms with Gasteiger partial charge in [0.2, 0.25) is 0 Å². The number of ketones is 1. The third kappa shape index (κ3) is 2.72.